The van der Waals surface area contributed by atoms with Crippen LogP contribution in [0.1, 0.15) is 64.5 Å². The van der Waals surface area contributed by atoms with E-state index in [0.717, 1.165) is 49.6 Å². The molecule has 7 aromatic carbocycles. The summed E-state index contributed by atoms with van der Waals surface area (Å²) in [6.45, 7) is 8.16. The molecule has 0 bridgehead atoms. The zero-order chi connectivity index (χ0) is 37.6. The fourth-order valence-corrected chi connectivity index (χ4v) is 8.26. The molecule has 0 fully saturated rings. The van der Waals surface area contributed by atoms with Gasteiger partial charge in [-0.2, -0.15) is 0 Å². The van der Waals surface area contributed by atoms with Gasteiger partial charge in [0.1, 0.15) is 0 Å². The number of benzene rings is 7. The standard InChI is InChI=1S/C22H21OP.C14H12O.C13H10O/c1-16-14-17(2)21(18(3)15-16)22(23)24(19-10-6-4-7-11-19)20-12-8-5-9-13-20;1-11-7-9-13(10-8-11)14(15)12-5-3-2-4-6-12;14-13(11-7-3-1-4-8-11)12-9-5-2-6-10-12/h4-15H,1-3H3;2-10H,1H3;1-10H. The van der Waals surface area contributed by atoms with Crippen LogP contribution in [0.4, 0.5) is 0 Å². The van der Waals surface area contributed by atoms with Crippen molar-refractivity contribution in [1.29, 1.82) is 0 Å². The maximum atomic E-state index is 13.5. The van der Waals surface area contributed by atoms with E-state index in [1.54, 1.807) is 0 Å². The lowest BCUT2D eigenvalue weighted by atomic mass is 10.0. The highest BCUT2D eigenvalue weighted by atomic mass is 31.1. The highest BCUT2D eigenvalue weighted by Crippen LogP contribution is 2.39. The van der Waals surface area contributed by atoms with Crippen molar-refractivity contribution in [3.63, 3.8) is 0 Å². The van der Waals surface area contributed by atoms with Gasteiger partial charge in [-0.25, -0.2) is 0 Å². The minimum Gasteiger partial charge on any atom is -0.289 e. The maximum absolute atomic E-state index is 13.5. The van der Waals surface area contributed by atoms with E-state index in [4.69, 9.17) is 0 Å². The Kier molecular flexibility index (Phi) is 13.7. The molecule has 0 amide bonds. The molecule has 53 heavy (non-hydrogen) atoms. The predicted octanol–water partition coefficient (Wildman–Crippen LogP) is 11.0. The van der Waals surface area contributed by atoms with Gasteiger partial charge in [0.15, 0.2) is 17.1 Å². The zero-order valence-corrected chi connectivity index (χ0v) is 31.5. The maximum Gasteiger partial charge on any atom is 0.193 e. The van der Waals surface area contributed by atoms with E-state index in [2.05, 4.69) is 43.3 Å². The third-order valence-electron chi connectivity index (χ3n) is 8.54. The van der Waals surface area contributed by atoms with Gasteiger partial charge in [0.25, 0.3) is 0 Å². The summed E-state index contributed by atoms with van der Waals surface area (Å²) in [5, 5.41) is 2.20. The molecule has 0 saturated carbocycles. The third kappa shape index (κ3) is 10.5. The predicted molar refractivity (Wildman–Crippen MR) is 221 cm³/mol. The Morgan fingerprint density at radius 2 is 0.660 bits per heavy atom. The average molecular weight is 711 g/mol. The van der Waals surface area contributed by atoms with Gasteiger partial charge in [-0.3, -0.25) is 14.4 Å². The minimum atomic E-state index is -1.07. The molecule has 0 N–H and O–H groups in total. The zero-order valence-electron chi connectivity index (χ0n) is 30.6. The van der Waals surface area contributed by atoms with Gasteiger partial charge in [-0.05, 0) is 49.4 Å². The van der Waals surface area contributed by atoms with Crippen molar-refractivity contribution in [2.75, 3.05) is 0 Å². The number of rotatable bonds is 8. The van der Waals surface area contributed by atoms with E-state index in [9.17, 15) is 14.4 Å². The van der Waals surface area contributed by atoms with Gasteiger partial charge in [0.05, 0.1) is 0 Å². The Morgan fingerprint density at radius 1 is 0.358 bits per heavy atom. The number of hydrogen-bond donors (Lipinski definition) is 0. The molecule has 262 valence electrons. The Bertz CT molecular complexity index is 2130. The summed E-state index contributed by atoms with van der Waals surface area (Å²) in [6.07, 6.45) is 0. The number of carbonyl (C=O) groups is 3. The lowest BCUT2D eigenvalue weighted by molar-refractivity contribution is 0.103. The molecule has 0 unspecified atom stereocenters. The number of ketones is 2. The molecule has 0 aromatic heterocycles. The summed E-state index contributed by atoms with van der Waals surface area (Å²) in [7, 11) is -1.07. The Hall–Kier alpha value is -6.02. The monoisotopic (exact) mass is 710 g/mol. The second kappa shape index (κ2) is 19.0. The number of aryl methyl sites for hydroxylation is 4. The minimum absolute atomic E-state index is 0.0752. The normalized spacial score (nSPS) is 10.3. The second-order valence-corrected chi connectivity index (χ2v) is 14.8. The smallest absolute Gasteiger partial charge is 0.193 e. The first-order valence-electron chi connectivity index (χ1n) is 17.6. The Morgan fingerprint density at radius 3 is 1.00 bits per heavy atom. The topological polar surface area (TPSA) is 51.2 Å². The van der Waals surface area contributed by atoms with Crippen LogP contribution in [0.2, 0.25) is 0 Å². The van der Waals surface area contributed by atoms with Crippen LogP contribution >= 0.6 is 7.92 Å². The SMILES string of the molecule is Cc1cc(C)c(C(=O)P(c2ccccc2)c2ccccc2)c(C)c1.Cc1ccc(C(=O)c2ccccc2)cc1.O=C(c1ccccc1)c1ccccc1. The van der Waals surface area contributed by atoms with Gasteiger partial charge in [0.2, 0.25) is 0 Å². The van der Waals surface area contributed by atoms with Crippen LogP contribution in [0.5, 0.6) is 0 Å². The first-order valence-corrected chi connectivity index (χ1v) is 18.9. The molecule has 0 aliphatic heterocycles. The van der Waals surface area contributed by atoms with E-state index < -0.39 is 7.92 Å². The van der Waals surface area contributed by atoms with Crippen molar-refractivity contribution < 1.29 is 14.4 Å². The first-order chi connectivity index (χ1) is 25.7. The average Bonchev–Trinajstić information content (AvgIpc) is 3.20. The van der Waals surface area contributed by atoms with E-state index in [-0.39, 0.29) is 17.1 Å². The molecule has 3 nitrogen and oxygen atoms in total. The Balaban J connectivity index is 0.000000162. The van der Waals surface area contributed by atoms with Crippen molar-refractivity contribution in [3.8, 4) is 0 Å². The van der Waals surface area contributed by atoms with E-state index in [1.165, 1.54) is 11.1 Å². The molecule has 7 rings (SSSR count). The van der Waals surface area contributed by atoms with Crippen LogP contribution < -0.4 is 10.6 Å². The lowest BCUT2D eigenvalue weighted by Crippen LogP contribution is -2.19. The summed E-state index contributed by atoms with van der Waals surface area (Å²) in [5.41, 5.74) is 8.56. The molecule has 0 heterocycles. The summed E-state index contributed by atoms with van der Waals surface area (Å²) in [4.78, 5) is 37.3. The summed E-state index contributed by atoms with van der Waals surface area (Å²) < 4.78 is 0. The quantitative estimate of drug-likeness (QED) is 0.117. The molecule has 4 heteroatoms. The van der Waals surface area contributed by atoms with Crippen LogP contribution in [0.3, 0.4) is 0 Å². The highest BCUT2D eigenvalue weighted by Gasteiger charge is 2.26. The van der Waals surface area contributed by atoms with Gasteiger partial charge in [0, 0.05) is 35.7 Å². The van der Waals surface area contributed by atoms with Crippen LogP contribution in [-0.4, -0.2) is 17.1 Å². The van der Waals surface area contributed by atoms with E-state index in [1.807, 2.05) is 172 Å². The van der Waals surface area contributed by atoms with Crippen LogP contribution in [0.25, 0.3) is 0 Å². The molecule has 0 aliphatic rings. The molecular formula is C49H43O3P. The van der Waals surface area contributed by atoms with E-state index in [0.29, 0.717) is 0 Å². The van der Waals surface area contributed by atoms with Gasteiger partial charge in [-0.15, -0.1) is 0 Å². The van der Waals surface area contributed by atoms with Crippen molar-refractivity contribution in [2.24, 2.45) is 0 Å². The highest BCUT2D eigenvalue weighted by molar-refractivity contribution is 7.88. The van der Waals surface area contributed by atoms with E-state index >= 15 is 0 Å². The second-order valence-electron chi connectivity index (χ2n) is 12.7. The van der Waals surface area contributed by atoms with Crippen LogP contribution in [0, 0.1) is 27.7 Å². The number of hydrogen-bond acceptors (Lipinski definition) is 3. The molecule has 0 radical (unpaired) electrons. The molecule has 0 spiro atoms. The summed E-state index contributed by atoms with van der Waals surface area (Å²) >= 11 is 0. The fraction of sp³-hybridized carbons (Fsp3) is 0.0816. The van der Waals surface area contributed by atoms with Crippen molar-refractivity contribution in [2.45, 2.75) is 27.7 Å². The molecular weight excluding hydrogens is 668 g/mol. The van der Waals surface area contributed by atoms with Crippen LogP contribution in [0.15, 0.2) is 188 Å². The van der Waals surface area contributed by atoms with Gasteiger partial charge >= 0.3 is 0 Å². The van der Waals surface area contributed by atoms with Crippen molar-refractivity contribution >= 4 is 35.6 Å². The van der Waals surface area contributed by atoms with Gasteiger partial charge in [-0.1, -0.05) is 199 Å². The summed E-state index contributed by atoms with van der Waals surface area (Å²) in [6, 6.07) is 60.1. The van der Waals surface area contributed by atoms with Gasteiger partial charge < -0.3 is 0 Å². The fourth-order valence-electron chi connectivity index (χ4n) is 5.97. The summed E-state index contributed by atoms with van der Waals surface area (Å²) in [5.74, 6) is 0.154. The van der Waals surface area contributed by atoms with Crippen molar-refractivity contribution in [1.82, 2.24) is 0 Å². The number of carbonyl (C=O) groups excluding carboxylic acids is 3. The third-order valence-corrected chi connectivity index (χ3v) is 10.8. The molecule has 7 aromatic rings. The molecule has 0 atom stereocenters. The Labute approximate surface area is 314 Å². The van der Waals surface area contributed by atoms with Crippen molar-refractivity contribution in [3.05, 3.63) is 238 Å². The molecule has 0 saturated heterocycles. The largest absolute Gasteiger partial charge is 0.289 e. The lowest BCUT2D eigenvalue weighted by Gasteiger charge is -2.20. The first kappa shape index (κ1) is 38.2. The van der Waals surface area contributed by atoms with Crippen LogP contribution in [-0.2, 0) is 0 Å². The molecule has 0 aliphatic carbocycles.